The highest BCUT2D eigenvalue weighted by molar-refractivity contribution is 6.97. The van der Waals surface area contributed by atoms with Crippen LogP contribution in [0.25, 0.3) is 0 Å². The first-order chi connectivity index (χ1) is 8.49. The highest BCUT2D eigenvalue weighted by Gasteiger charge is 2.71. The molecule has 1 saturated heterocycles. The van der Waals surface area contributed by atoms with Gasteiger partial charge in [-0.2, -0.15) is 0 Å². The molecule has 1 atom stereocenters. The fourth-order valence-electron chi connectivity index (χ4n) is 4.69. The van der Waals surface area contributed by atoms with Crippen LogP contribution in [0.15, 0.2) is 10.7 Å². The third-order valence-electron chi connectivity index (χ3n) is 6.25. The van der Waals surface area contributed by atoms with Crippen LogP contribution in [-0.2, 0) is 8.63 Å². The van der Waals surface area contributed by atoms with Crippen LogP contribution >= 0.6 is 0 Å². The van der Waals surface area contributed by atoms with Crippen molar-refractivity contribution in [1.82, 2.24) is 0 Å². The quantitative estimate of drug-likeness (QED) is 0.532. The Kier molecular flexibility index (Phi) is 3.22. The van der Waals surface area contributed by atoms with Crippen LogP contribution < -0.4 is 0 Å². The molecule has 0 aromatic heterocycles. The van der Waals surface area contributed by atoms with Crippen LogP contribution in [0.2, 0.25) is 19.4 Å². The second-order valence-electron chi connectivity index (χ2n) is 7.77. The van der Waals surface area contributed by atoms with Gasteiger partial charge in [0.15, 0.2) is 0 Å². The summed E-state index contributed by atoms with van der Waals surface area (Å²) in [6.45, 7) is 20.0. The van der Waals surface area contributed by atoms with Crippen LogP contribution in [0, 0.1) is 0 Å². The molecule has 2 heterocycles. The lowest BCUT2D eigenvalue weighted by Gasteiger charge is -2.54. The Morgan fingerprint density at radius 1 is 1.16 bits per heavy atom. The predicted octanol–water partition coefficient (Wildman–Crippen LogP) is 4.61. The summed E-state index contributed by atoms with van der Waals surface area (Å²) in [5.74, 6) is 0. The maximum Gasteiger partial charge on any atom is 0.429 e. The summed E-state index contributed by atoms with van der Waals surface area (Å²) in [6, 6.07) is 0. The molecule has 1 unspecified atom stereocenters. The zero-order valence-corrected chi connectivity index (χ0v) is 15.3. The number of hydrogen-bond acceptors (Lipinski definition) is 1. The molecule has 1 fully saturated rings. The van der Waals surface area contributed by atoms with Gasteiger partial charge in [-0.15, -0.1) is 5.47 Å². The van der Waals surface area contributed by atoms with E-state index >= 15 is 0 Å². The maximum atomic E-state index is 6.76. The van der Waals surface area contributed by atoms with Gasteiger partial charge < -0.3 is 8.63 Å². The third kappa shape index (κ3) is 1.57. The van der Waals surface area contributed by atoms with E-state index in [2.05, 4.69) is 65.5 Å². The maximum absolute atomic E-state index is 6.76. The summed E-state index contributed by atoms with van der Waals surface area (Å²) in [5.41, 5.74) is 1.50. The highest BCUT2D eigenvalue weighted by atomic mass is 28.4. The second-order valence-corrected chi connectivity index (χ2v) is 12.0. The zero-order valence-electron chi connectivity index (χ0n) is 14.3. The topological polar surface area (TPSA) is 11.9 Å². The van der Waals surface area contributed by atoms with E-state index in [0.29, 0.717) is 0 Å². The third-order valence-corrected chi connectivity index (χ3v) is 10.4. The van der Waals surface area contributed by atoms with Crippen molar-refractivity contribution < 1.29 is 8.63 Å². The van der Waals surface area contributed by atoms with Crippen molar-refractivity contribution in [2.75, 3.05) is 0 Å². The molecule has 0 N–H and O–H groups in total. The van der Waals surface area contributed by atoms with E-state index in [9.17, 15) is 0 Å². The Morgan fingerprint density at radius 2 is 1.68 bits per heavy atom. The van der Waals surface area contributed by atoms with Crippen molar-refractivity contribution in [1.29, 1.82) is 0 Å². The minimum absolute atomic E-state index is 0.0247. The van der Waals surface area contributed by atoms with Crippen molar-refractivity contribution in [3.63, 3.8) is 0 Å². The lowest BCUT2D eigenvalue weighted by Crippen LogP contribution is -2.58. The molecule has 4 heteroatoms. The second kappa shape index (κ2) is 3.99. The number of fused-ring (bicyclic) bond motifs is 1. The molecule has 2 aliphatic rings. The fraction of sp³-hybridized carbons (Fsp3) is 0.867. The van der Waals surface area contributed by atoms with Gasteiger partial charge in [0, 0.05) is 26.9 Å². The lowest BCUT2D eigenvalue weighted by atomic mass is 9.48. The van der Waals surface area contributed by atoms with Crippen molar-refractivity contribution in [2.24, 2.45) is 0 Å². The van der Waals surface area contributed by atoms with Crippen molar-refractivity contribution in [3.05, 3.63) is 10.7 Å². The van der Waals surface area contributed by atoms with E-state index in [0.717, 1.165) is 12.7 Å². The van der Waals surface area contributed by atoms with Gasteiger partial charge in [0.2, 0.25) is 0 Å². The summed E-state index contributed by atoms with van der Waals surface area (Å²) >= 11 is 0. The Morgan fingerprint density at radius 3 is 2.11 bits per heavy atom. The van der Waals surface area contributed by atoms with Crippen LogP contribution in [0.3, 0.4) is 0 Å². The van der Waals surface area contributed by atoms with E-state index in [1.807, 2.05) is 0 Å². The van der Waals surface area contributed by atoms with Crippen molar-refractivity contribution in [2.45, 2.75) is 85.5 Å². The summed E-state index contributed by atoms with van der Waals surface area (Å²) in [5, 5.41) is 1.63. The molecule has 2 nitrogen and oxygen atoms in total. The van der Waals surface area contributed by atoms with Crippen LogP contribution in [0.5, 0.6) is 0 Å². The summed E-state index contributed by atoms with van der Waals surface area (Å²) in [6.07, 6.45) is 2.19. The Labute approximate surface area is 120 Å². The average molecular weight is 282 g/mol. The minimum atomic E-state index is -1.64. The Balaban J connectivity index is 2.71. The van der Waals surface area contributed by atoms with Gasteiger partial charge in [-0.1, -0.05) is 26.6 Å². The number of rotatable bonds is 2. The molecule has 2 aliphatic heterocycles. The van der Waals surface area contributed by atoms with Crippen LogP contribution in [0.4, 0.5) is 0 Å². The Hall–Kier alpha value is -0.0582. The largest absolute Gasteiger partial charge is 0.738 e. The molecule has 0 amide bonds. The van der Waals surface area contributed by atoms with Crippen molar-refractivity contribution >= 4 is 14.9 Å². The predicted molar refractivity (Wildman–Crippen MR) is 87.0 cm³/mol. The molecule has 0 aromatic carbocycles. The van der Waals surface area contributed by atoms with Gasteiger partial charge in [-0.3, -0.25) is 0 Å². The van der Waals surface area contributed by atoms with Gasteiger partial charge in [0.1, 0.15) is 5.60 Å². The summed E-state index contributed by atoms with van der Waals surface area (Å²) < 4.78 is 10.6. The minimum Gasteiger partial charge on any atom is -0.738 e. The van der Waals surface area contributed by atoms with E-state index in [1.54, 1.807) is 10.7 Å². The molecule has 0 bridgehead atoms. The molecule has 0 aromatic rings. The standard InChI is InChI=1S/C15H31BO2Si/c1-10-13-12(3)19(8,9)18-15(6,7)14(4,5)17-16(13,18)11-2/h10-11H2,1-9H3. The molecular weight excluding hydrogens is 251 g/mol. The molecular formula is C15H31BO2Si. The van der Waals surface area contributed by atoms with E-state index in [1.165, 1.54) is 0 Å². The number of hydrogen-bond donors (Lipinski definition) is 0. The first-order valence-electron chi connectivity index (χ1n) is 7.80. The normalized spacial score (nSPS) is 35.8. The molecule has 2 rings (SSSR count). The SMILES string of the molecule is CCC1=C(C)[Si](C)(C)[O+]2[B-]1(CC)OC(C)(C)C2(C)C. The average Bonchev–Trinajstić information content (AvgIpc) is 2.53. The first-order valence-corrected chi connectivity index (χ1v) is 10.7. The summed E-state index contributed by atoms with van der Waals surface area (Å²) in [4.78, 5) is 0. The molecule has 110 valence electrons. The molecule has 19 heavy (non-hydrogen) atoms. The van der Waals surface area contributed by atoms with E-state index in [4.69, 9.17) is 4.65 Å². The van der Waals surface area contributed by atoms with E-state index in [-0.39, 0.29) is 11.2 Å². The zero-order chi connectivity index (χ0) is 14.9. The first kappa shape index (κ1) is 15.3. The summed E-state index contributed by atoms with van der Waals surface area (Å²) in [7, 11) is -1.64. The van der Waals surface area contributed by atoms with Crippen LogP contribution in [0.1, 0.15) is 54.9 Å². The molecule has 0 radical (unpaired) electrons. The molecule has 0 spiro atoms. The van der Waals surface area contributed by atoms with Gasteiger partial charge in [0.25, 0.3) is 0 Å². The van der Waals surface area contributed by atoms with Gasteiger partial charge in [0.05, 0.1) is 5.60 Å². The molecule has 0 aliphatic carbocycles. The van der Waals surface area contributed by atoms with E-state index < -0.39 is 14.9 Å². The number of allylic oxidation sites excluding steroid dienone is 2. The molecule has 0 saturated carbocycles. The Bertz CT molecular complexity index is 439. The monoisotopic (exact) mass is 282 g/mol. The van der Waals surface area contributed by atoms with Crippen molar-refractivity contribution in [3.8, 4) is 0 Å². The van der Waals surface area contributed by atoms with Crippen LogP contribution in [-0.4, -0.2) is 26.1 Å². The lowest BCUT2D eigenvalue weighted by molar-refractivity contribution is -0.0517. The fourth-order valence-corrected chi connectivity index (χ4v) is 9.02. The highest BCUT2D eigenvalue weighted by Crippen LogP contribution is 2.60. The smallest absolute Gasteiger partial charge is 0.429 e. The van der Waals surface area contributed by atoms with Gasteiger partial charge in [-0.05, 0) is 26.0 Å². The van der Waals surface area contributed by atoms with Gasteiger partial charge in [-0.25, -0.2) is 0 Å². The van der Waals surface area contributed by atoms with Gasteiger partial charge >= 0.3 is 14.9 Å².